The van der Waals surface area contributed by atoms with Crippen LogP contribution in [0.1, 0.15) is 24.8 Å². The monoisotopic (exact) mass is 253 g/mol. The van der Waals surface area contributed by atoms with Crippen LogP contribution in [0.4, 0.5) is 0 Å². The maximum atomic E-state index is 11.3. The molecule has 2 rings (SSSR count). The van der Waals surface area contributed by atoms with Crippen molar-refractivity contribution in [2.24, 2.45) is 0 Å². The zero-order chi connectivity index (χ0) is 12.3. The van der Waals surface area contributed by atoms with Crippen LogP contribution < -0.4 is 5.32 Å². The fourth-order valence-electron chi connectivity index (χ4n) is 2.26. The fourth-order valence-corrected chi connectivity index (χ4v) is 2.89. The quantitative estimate of drug-likeness (QED) is 0.893. The molecule has 0 radical (unpaired) electrons. The van der Waals surface area contributed by atoms with Crippen molar-refractivity contribution in [3.63, 3.8) is 0 Å². The molecule has 0 aromatic heterocycles. The molecule has 1 N–H and O–H groups in total. The first-order valence-electron chi connectivity index (χ1n) is 6.08. The van der Waals surface area contributed by atoms with Gasteiger partial charge in [0, 0.05) is 12.3 Å². The summed E-state index contributed by atoms with van der Waals surface area (Å²) in [5.41, 5.74) is 1.21. The normalized spacial score (nSPS) is 21.4. The molecule has 0 amide bonds. The Morgan fingerprint density at radius 3 is 2.47 bits per heavy atom. The van der Waals surface area contributed by atoms with Gasteiger partial charge in [-0.25, -0.2) is 8.42 Å². The van der Waals surface area contributed by atoms with Crippen LogP contribution in [0.15, 0.2) is 29.2 Å². The lowest BCUT2D eigenvalue weighted by molar-refractivity contribution is 0.399. The van der Waals surface area contributed by atoms with Gasteiger partial charge in [-0.3, -0.25) is 0 Å². The third-order valence-corrected chi connectivity index (χ3v) is 4.37. The van der Waals surface area contributed by atoms with Crippen molar-refractivity contribution < 1.29 is 8.42 Å². The molecule has 17 heavy (non-hydrogen) atoms. The Balaban J connectivity index is 2.03. The first-order valence-corrected chi connectivity index (χ1v) is 7.97. The van der Waals surface area contributed by atoms with Crippen molar-refractivity contribution in [3.05, 3.63) is 29.8 Å². The summed E-state index contributed by atoms with van der Waals surface area (Å²) in [4.78, 5) is 0.401. The van der Waals surface area contributed by atoms with E-state index < -0.39 is 9.84 Å². The molecule has 4 heteroatoms. The van der Waals surface area contributed by atoms with E-state index in [2.05, 4.69) is 5.32 Å². The second-order valence-electron chi connectivity index (χ2n) is 4.77. The van der Waals surface area contributed by atoms with Gasteiger partial charge < -0.3 is 5.32 Å². The molecule has 1 aliphatic rings. The number of piperidine rings is 1. The summed E-state index contributed by atoms with van der Waals surface area (Å²) >= 11 is 0. The molecular weight excluding hydrogens is 234 g/mol. The van der Waals surface area contributed by atoms with E-state index in [9.17, 15) is 8.42 Å². The maximum absolute atomic E-state index is 11.3. The average Bonchev–Trinajstić information content (AvgIpc) is 2.30. The molecule has 0 spiro atoms. The number of hydrogen-bond acceptors (Lipinski definition) is 3. The molecule has 1 aromatic rings. The van der Waals surface area contributed by atoms with Crippen LogP contribution in [0.25, 0.3) is 0 Å². The molecule has 1 atom stereocenters. The van der Waals surface area contributed by atoms with Gasteiger partial charge in [-0.05, 0) is 43.5 Å². The molecule has 0 bridgehead atoms. The van der Waals surface area contributed by atoms with E-state index in [1.54, 1.807) is 12.1 Å². The van der Waals surface area contributed by atoms with Crippen molar-refractivity contribution >= 4 is 9.84 Å². The third kappa shape index (κ3) is 3.54. The SMILES string of the molecule is CS(=O)(=O)c1ccc(CC2CCCCN2)cc1. The minimum Gasteiger partial charge on any atom is -0.314 e. The van der Waals surface area contributed by atoms with Crippen LogP contribution in [-0.2, 0) is 16.3 Å². The standard InChI is InChI=1S/C13H19NO2S/c1-17(15,16)13-7-5-11(6-8-13)10-12-4-2-3-9-14-12/h5-8,12,14H,2-4,9-10H2,1H3. The Bertz CT molecular complexity index is 459. The highest BCUT2D eigenvalue weighted by molar-refractivity contribution is 7.90. The summed E-state index contributed by atoms with van der Waals surface area (Å²) in [7, 11) is -3.07. The summed E-state index contributed by atoms with van der Waals surface area (Å²) in [5.74, 6) is 0. The Morgan fingerprint density at radius 1 is 1.24 bits per heavy atom. The molecule has 1 aromatic carbocycles. The first kappa shape index (κ1) is 12.6. The molecule has 0 aliphatic carbocycles. The summed E-state index contributed by atoms with van der Waals surface area (Å²) in [6, 6.07) is 7.80. The zero-order valence-electron chi connectivity index (χ0n) is 10.1. The van der Waals surface area contributed by atoms with Gasteiger partial charge in [0.15, 0.2) is 9.84 Å². The van der Waals surface area contributed by atoms with Gasteiger partial charge in [-0.1, -0.05) is 18.6 Å². The predicted octanol–water partition coefficient (Wildman–Crippen LogP) is 1.77. The lowest BCUT2D eigenvalue weighted by Gasteiger charge is -2.23. The zero-order valence-corrected chi connectivity index (χ0v) is 11.0. The molecule has 94 valence electrons. The Kier molecular flexibility index (Phi) is 3.84. The van der Waals surface area contributed by atoms with Crippen LogP contribution in [0.5, 0.6) is 0 Å². The number of sulfone groups is 1. The van der Waals surface area contributed by atoms with Gasteiger partial charge in [-0.2, -0.15) is 0 Å². The summed E-state index contributed by atoms with van der Waals surface area (Å²) in [6.07, 6.45) is 6.01. The average molecular weight is 253 g/mol. The maximum Gasteiger partial charge on any atom is 0.175 e. The predicted molar refractivity (Wildman–Crippen MR) is 68.9 cm³/mol. The van der Waals surface area contributed by atoms with Gasteiger partial charge in [-0.15, -0.1) is 0 Å². The number of hydrogen-bond donors (Lipinski definition) is 1. The van der Waals surface area contributed by atoms with Crippen LogP contribution in [0.3, 0.4) is 0 Å². The second-order valence-corrected chi connectivity index (χ2v) is 6.78. The van der Waals surface area contributed by atoms with E-state index >= 15 is 0 Å². The van der Waals surface area contributed by atoms with E-state index in [1.165, 1.54) is 31.1 Å². The van der Waals surface area contributed by atoms with E-state index in [0.29, 0.717) is 10.9 Å². The Hall–Kier alpha value is -0.870. The van der Waals surface area contributed by atoms with E-state index in [-0.39, 0.29) is 0 Å². The molecular formula is C13H19NO2S. The number of nitrogens with one attached hydrogen (secondary N) is 1. The Labute approximate surface area is 103 Å². The van der Waals surface area contributed by atoms with Crippen LogP contribution >= 0.6 is 0 Å². The lowest BCUT2D eigenvalue weighted by atomic mass is 9.98. The molecule has 1 saturated heterocycles. The summed E-state index contributed by atoms with van der Waals surface area (Å²) in [6.45, 7) is 1.10. The smallest absolute Gasteiger partial charge is 0.175 e. The van der Waals surface area contributed by atoms with Gasteiger partial charge in [0.05, 0.1) is 4.90 Å². The molecule has 1 fully saturated rings. The molecule has 1 heterocycles. The van der Waals surface area contributed by atoms with Crippen molar-refractivity contribution in [3.8, 4) is 0 Å². The minimum atomic E-state index is -3.07. The van der Waals surface area contributed by atoms with Crippen LogP contribution in [-0.4, -0.2) is 27.3 Å². The molecule has 3 nitrogen and oxygen atoms in total. The first-order chi connectivity index (χ1) is 8.05. The van der Waals surface area contributed by atoms with E-state index in [1.807, 2.05) is 12.1 Å². The summed E-state index contributed by atoms with van der Waals surface area (Å²) < 4.78 is 22.6. The molecule has 1 aliphatic heterocycles. The van der Waals surface area contributed by atoms with Crippen LogP contribution in [0, 0.1) is 0 Å². The van der Waals surface area contributed by atoms with Gasteiger partial charge in [0.2, 0.25) is 0 Å². The van der Waals surface area contributed by atoms with E-state index in [4.69, 9.17) is 0 Å². The lowest BCUT2D eigenvalue weighted by Crippen LogP contribution is -2.35. The van der Waals surface area contributed by atoms with Crippen LogP contribution in [0.2, 0.25) is 0 Å². The van der Waals surface area contributed by atoms with Crippen molar-refractivity contribution in [2.75, 3.05) is 12.8 Å². The van der Waals surface area contributed by atoms with Gasteiger partial charge >= 0.3 is 0 Å². The molecule has 1 unspecified atom stereocenters. The number of rotatable bonds is 3. The highest BCUT2D eigenvalue weighted by Crippen LogP contribution is 2.15. The van der Waals surface area contributed by atoms with Crippen molar-refractivity contribution in [1.82, 2.24) is 5.32 Å². The fraction of sp³-hybridized carbons (Fsp3) is 0.538. The number of benzene rings is 1. The summed E-state index contributed by atoms with van der Waals surface area (Å²) in [5, 5.41) is 3.49. The van der Waals surface area contributed by atoms with Gasteiger partial charge in [0.25, 0.3) is 0 Å². The third-order valence-electron chi connectivity index (χ3n) is 3.25. The Morgan fingerprint density at radius 2 is 1.94 bits per heavy atom. The highest BCUT2D eigenvalue weighted by Gasteiger charge is 2.13. The topological polar surface area (TPSA) is 46.2 Å². The van der Waals surface area contributed by atoms with Crippen molar-refractivity contribution in [2.45, 2.75) is 36.6 Å². The molecule has 0 saturated carbocycles. The minimum absolute atomic E-state index is 0.401. The van der Waals surface area contributed by atoms with E-state index in [0.717, 1.165) is 13.0 Å². The largest absolute Gasteiger partial charge is 0.314 e. The van der Waals surface area contributed by atoms with Gasteiger partial charge in [0.1, 0.15) is 0 Å². The highest BCUT2D eigenvalue weighted by atomic mass is 32.2. The second kappa shape index (κ2) is 5.19. The van der Waals surface area contributed by atoms with Crippen molar-refractivity contribution in [1.29, 1.82) is 0 Å².